The largest absolute Gasteiger partial charge is 0.369 e. The van der Waals surface area contributed by atoms with Gasteiger partial charge in [-0.05, 0) is 48.5 Å². The highest BCUT2D eigenvalue weighted by molar-refractivity contribution is 6.22. The molecule has 7 heteroatoms. The summed E-state index contributed by atoms with van der Waals surface area (Å²) in [6.45, 7) is 2.71. The van der Waals surface area contributed by atoms with Crippen molar-refractivity contribution in [3.63, 3.8) is 0 Å². The topological polar surface area (TPSA) is 60.9 Å². The second-order valence-corrected chi connectivity index (χ2v) is 8.53. The molecule has 2 amide bonds. The third-order valence-electron chi connectivity index (χ3n) is 6.49. The Labute approximate surface area is 197 Å². The molecule has 1 unspecified atom stereocenters. The first-order valence-corrected chi connectivity index (χ1v) is 11.3. The van der Waals surface area contributed by atoms with Gasteiger partial charge in [0.15, 0.2) is 5.78 Å². The van der Waals surface area contributed by atoms with Crippen molar-refractivity contribution in [1.29, 1.82) is 0 Å². The SMILES string of the molecule is O=C(c1ccccc1)c1ccc(N2CCN(C3CC(=O)N(c4ccc(F)cc4)C3=O)CC2)cc1. The Balaban J connectivity index is 1.21. The summed E-state index contributed by atoms with van der Waals surface area (Å²) < 4.78 is 13.2. The summed E-state index contributed by atoms with van der Waals surface area (Å²) in [4.78, 5) is 43.6. The number of carbonyl (C=O) groups is 3. The summed E-state index contributed by atoms with van der Waals surface area (Å²) in [6.07, 6.45) is 0.131. The molecule has 0 N–H and O–H groups in total. The summed E-state index contributed by atoms with van der Waals surface area (Å²) >= 11 is 0. The van der Waals surface area contributed by atoms with Crippen LogP contribution in [0.5, 0.6) is 0 Å². The number of hydrogen-bond donors (Lipinski definition) is 0. The first-order valence-electron chi connectivity index (χ1n) is 11.3. The number of carbonyl (C=O) groups excluding carboxylic acids is 3. The zero-order chi connectivity index (χ0) is 23.7. The van der Waals surface area contributed by atoms with Gasteiger partial charge in [0, 0.05) is 43.0 Å². The molecule has 1 atom stereocenters. The van der Waals surface area contributed by atoms with E-state index in [1.807, 2.05) is 59.5 Å². The minimum atomic E-state index is -0.495. The van der Waals surface area contributed by atoms with Crippen molar-refractivity contribution in [2.24, 2.45) is 0 Å². The molecule has 0 aromatic heterocycles. The fraction of sp³-hybridized carbons (Fsp3) is 0.222. The molecule has 2 heterocycles. The Kier molecular flexibility index (Phi) is 5.94. The van der Waals surface area contributed by atoms with Crippen LogP contribution in [0.4, 0.5) is 15.8 Å². The fourth-order valence-corrected chi connectivity index (χ4v) is 4.63. The molecule has 2 aliphatic heterocycles. The van der Waals surface area contributed by atoms with E-state index in [9.17, 15) is 18.8 Å². The first-order chi connectivity index (χ1) is 16.5. The number of ketones is 1. The summed E-state index contributed by atoms with van der Waals surface area (Å²) in [5.74, 6) is -0.934. The molecule has 2 fully saturated rings. The predicted molar refractivity (Wildman–Crippen MR) is 127 cm³/mol. The van der Waals surface area contributed by atoms with Crippen molar-refractivity contribution < 1.29 is 18.8 Å². The van der Waals surface area contributed by atoms with E-state index in [1.54, 1.807) is 0 Å². The molecule has 2 aliphatic rings. The van der Waals surface area contributed by atoms with Gasteiger partial charge in [-0.15, -0.1) is 0 Å². The van der Waals surface area contributed by atoms with Gasteiger partial charge < -0.3 is 4.90 Å². The van der Waals surface area contributed by atoms with Crippen molar-refractivity contribution in [2.45, 2.75) is 12.5 Å². The number of halogens is 1. The molecule has 34 heavy (non-hydrogen) atoms. The zero-order valence-electron chi connectivity index (χ0n) is 18.6. The van der Waals surface area contributed by atoms with Crippen LogP contribution in [0.3, 0.4) is 0 Å². The normalized spacial score (nSPS) is 19.0. The monoisotopic (exact) mass is 457 g/mol. The number of imide groups is 1. The molecule has 0 aliphatic carbocycles. The Morgan fingerprint density at radius 1 is 0.735 bits per heavy atom. The number of benzene rings is 3. The maximum atomic E-state index is 13.2. The van der Waals surface area contributed by atoms with Gasteiger partial charge in [0.2, 0.25) is 5.91 Å². The van der Waals surface area contributed by atoms with E-state index in [0.717, 1.165) is 5.69 Å². The molecule has 172 valence electrons. The highest BCUT2D eigenvalue weighted by atomic mass is 19.1. The van der Waals surface area contributed by atoms with Gasteiger partial charge >= 0.3 is 0 Å². The van der Waals surface area contributed by atoms with Gasteiger partial charge in [0.1, 0.15) is 5.82 Å². The van der Waals surface area contributed by atoms with Crippen molar-refractivity contribution >= 4 is 29.0 Å². The molecule has 6 nitrogen and oxygen atoms in total. The summed E-state index contributed by atoms with van der Waals surface area (Å²) in [5.41, 5.74) is 2.73. The highest BCUT2D eigenvalue weighted by Crippen LogP contribution is 2.27. The standard InChI is InChI=1S/C27H24FN3O3/c28-21-8-12-23(13-9-21)31-25(32)18-24(27(31)34)30-16-14-29(15-17-30)22-10-6-20(7-11-22)26(33)19-4-2-1-3-5-19/h1-13,24H,14-18H2. The van der Waals surface area contributed by atoms with Gasteiger partial charge in [-0.25, -0.2) is 9.29 Å². The van der Waals surface area contributed by atoms with Gasteiger partial charge in [-0.2, -0.15) is 0 Å². The Morgan fingerprint density at radius 3 is 1.97 bits per heavy atom. The van der Waals surface area contributed by atoms with Crippen molar-refractivity contribution in [3.05, 3.63) is 95.8 Å². The number of anilines is 2. The lowest BCUT2D eigenvalue weighted by atomic mass is 10.0. The number of amides is 2. The van der Waals surface area contributed by atoms with E-state index in [0.29, 0.717) is 43.0 Å². The lowest BCUT2D eigenvalue weighted by Crippen LogP contribution is -2.52. The first kappa shape index (κ1) is 22.0. The van der Waals surface area contributed by atoms with Crippen LogP contribution in [0.1, 0.15) is 22.3 Å². The van der Waals surface area contributed by atoms with Crippen LogP contribution in [-0.4, -0.2) is 54.7 Å². The van der Waals surface area contributed by atoms with Crippen molar-refractivity contribution in [1.82, 2.24) is 4.90 Å². The maximum Gasteiger partial charge on any atom is 0.251 e. The Bertz CT molecular complexity index is 1200. The molecule has 5 rings (SSSR count). The Morgan fingerprint density at radius 2 is 1.32 bits per heavy atom. The van der Waals surface area contributed by atoms with Crippen LogP contribution in [0.25, 0.3) is 0 Å². The number of hydrogen-bond acceptors (Lipinski definition) is 5. The zero-order valence-corrected chi connectivity index (χ0v) is 18.6. The molecule has 0 saturated carbocycles. The molecular weight excluding hydrogens is 433 g/mol. The number of rotatable bonds is 5. The van der Waals surface area contributed by atoms with E-state index in [4.69, 9.17) is 0 Å². The average molecular weight is 458 g/mol. The quantitative estimate of drug-likeness (QED) is 0.434. The second kappa shape index (κ2) is 9.19. The highest BCUT2D eigenvalue weighted by Gasteiger charge is 2.43. The minimum Gasteiger partial charge on any atom is -0.369 e. The number of piperazine rings is 1. The predicted octanol–water partition coefficient (Wildman–Crippen LogP) is 3.51. The summed E-state index contributed by atoms with van der Waals surface area (Å²) in [5, 5.41) is 0. The van der Waals surface area contributed by atoms with Crippen molar-refractivity contribution in [3.8, 4) is 0 Å². The molecule has 2 saturated heterocycles. The third-order valence-corrected chi connectivity index (χ3v) is 6.49. The third kappa shape index (κ3) is 4.22. The van der Waals surface area contributed by atoms with Crippen LogP contribution >= 0.6 is 0 Å². The van der Waals surface area contributed by atoms with Crippen molar-refractivity contribution in [2.75, 3.05) is 36.0 Å². The van der Waals surface area contributed by atoms with Gasteiger partial charge in [0.25, 0.3) is 5.91 Å². The van der Waals surface area contributed by atoms with E-state index in [2.05, 4.69) is 4.90 Å². The molecule has 0 bridgehead atoms. The van der Waals surface area contributed by atoms with E-state index < -0.39 is 11.9 Å². The van der Waals surface area contributed by atoms with Gasteiger partial charge in [-0.1, -0.05) is 30.3 Å². The van der Waals surface area contributed by atoms with Crippen LogP contribution in [-0.2, 0) is 9.59 Å². The fourth-order valence-electron chi connectivity index (χ4n) is 4.63. The minimum absolute atomic E-state index is 0.00732. The maximum absolute atomic E-state index is 13.2. The van der Waals surface area contributed by atoms with Gasteiger partial charge in [0.05, 0.1) is 18.2 Å². The lowest BCUT2D eigenvalue weighted by molar-refractivity contribution is -0.123. The van der Waals surface area contributed by atoms with Crippen LogP contribution in [0, 0.1) is 5.82 Å². The molecule has 3 aromatic rings. The second-order valence-electron chi connectivity index (χ2n) is 8.53. The Hall–Kier alpha value is -3.84. The van der Waals surface area contributed by atoms with E-state index in [-0.39, 0.29) is 24.0 Å². The van der Waals surface area contributed by atoms with Gasteiger partial charge in [-0.3, -0.25) is 19.3 Å². The molecule has 3 aromatic carbocycles. The molecule has 0 spiro atoms. The summed E-state index contributed by atoms with van der Waals surface area (Å²) in [6, 6.07) is 21.7. The summed E-state index contributed by atoms with van der Waals surface area (Å²) in [7, 11) is 0. The lowest BCUT2D eigenvalue weighted by Gasteiger charge is -2.38. The smallest absolute Gasteiger partial charge is 0.251 e. The van der Waals surface area contributed by atoms with E-state index >= 15 is 0 Å². The average Bonchev–Trinajstić information content (AvgIpc) is 3.18. The number of nitrogens with zero attached hydrogens (tertiary/aromatic N) is 3. The molecule has 0 radical (unpaired) electrons. The van der Waals surface area contributed by atoms with Crippen LogP contribution in [0.15, 0.2) is 78.9 Å². The molecular formula is C27H24FN3O3. The van der Waals surface area contributed by atoms with Crippen LogP contribution in [0.2, 0.25) is 0 Å². The van der Waals surface area contributed by atoms with E-state index in [1.165, 1.54) is 29.2 Å². The van der Waals surface area contributed by atoms with Crippen LogP contribution < -0.4 is 9.80 Å².